The van der Waals surface area contributed by atoms with Crippen LogP contribution in [-0.4, -0.2) is 65.1 Å². The first kappa shape index (κ1) is 18.4. The number of nitrogens with one attached hydrogen (secondary N) is 1. The molecule has 1 amide bonds. The van der Waals surface area contributed by atoms with Gasteiger partial charge in [0.05, 0.1) is 6.61 Å². The standard InChI is InChI=1S/C20H29N5O2/c1-27-11-9-22-20(26)18-19-21-8-6-17(25(19)14-23-18)16-7-10-24(13-16)12-15-4-2-3-5-15/h6,8,14-16H,2-5,7,9-13H2,1H3,(H,22,26)/t16-/m0/s1. The van der Waals surface area contributed by atoms with Gasteiger partial charge in [-0.15, -0.1) is 0 Å². The van der Waals surface area contributed by atoms with Gasteiger partial charge in [0.1, 0.15) is 6.33 Å². The second-order valence-corrected chi connectivity index (χ2v) is 7.80. The van der Waals surface area contributed by atoms with E-state index in [9.17, 15) is 4.79 Å². The van der Waals surface area contributed by atoms with Crippen LogP contribution in [0, 0.1) is 5.92 Å². The summed E-state index contributed by atoms with van der Waals surface area (Å²) in [5.41, 5.74) is 2.22. The third-order valence-electron chi connectivity index (χ3n) is 5.95. The van der Waals surface area contributed by atoms with Gasteiger partial charge in [-0.1, -0.05) is 12.8 Å². The van der Waals surface area contributed by atoms with E-state index in [4.69, 9.17) is 4.74 Å². The molecule has 2 aliphatic rings. The highest BCUT2D eigenvalue weighted by Crippen LogP contribution is 2.31. The lowest BCUT2D eigenvalue weighted by atomic mass is 10.0. The topological polar surface area (TPSA) is 71.8 Å². The third kappa shape index (κ3) is 3.99. The quantitative estimate of drug-likeness (QED) is 0.755. The van der Waals surface area contributed by atoms with E-state index in [1.54, 1.807) is 19.6 Å². The average Bonchev–Trinajstić information content (AvgIpc) is 3.42. The Balaban J connectivity index is 1.47. The maximum Gasteiger partial charge on any atom is 0.273 e. The summed E-state index contributed by atoms with van der Waals surface area (Å²) < 4.78 is 6.98. The minimum Gasteiger partial charge on any atom is -0.383 e. The zero-order chi connectivity index (χ0) is 18.6. The smallest absolute Gasteiger partial charge is 0.273 e. The van der Waals surface area contributed by atoms with Gasteiger partial charge in [-0.3, -0.25) is 9.20 Å². The number of amides is 1. The molecule has 4 rings (SSSR count). The van der Waals surface area contributed by atoms with Crippen LogP contribution >= 0.6 is 0 Å². The van der Waals surface area contributed by atoms with Gasteiger partial charge in [0.25, 0.3) is 5.91 Å². The second kappa shape index (κ2) is 8.35. The number of carbonyl (C=O) groups excluding carboxylic acids is 1. The molecule has 0 spiro atoms. The van der Waals surface area contributed by atoms with Gasteiger partial charge in [0.15, 0.2) is 11.3 Å². The van der Waals surface area contributed by atoms with Crippen LogP contribution in [0.3, 0.4) is 0 Å². The predicted molar refractivity (Wildman–Crippen MR) is 103 cm³/mol. The highest BCUT2D eigenvalue weighted by molar-refractivity contribution is 5.97. The molecule has 0 aromatic carbocycles. The van der Waals surface area contributed by atoms with Gasteiger partial charge < -0.3 is 15.0 Å². The Morgan fingerprint density at radius 3 is 2.96 bits per heavy atom. The van der Waals surface area contributed by atoms with Crippen molar-refractivity contribution in [1.82, 2.24) is 24.6 Å². The summed E-state index contributed by atoms with van der Waals surface area (Å²) >= 11 is 0. The highest BCUT2D eigenvalue weighted by Gasteiger charge is 2.29. The van der Waals surface area contributed by atoms with Crippen molar-refractivity contribution in [1.29, 1.82) is 0 Å². The number of hydrogen-bond donors (Lipinski definition) is 1. The van der Waals surface area contributed by atoms with Gasteiger partial charge in [-0.25, -0.2) is 9.97 Å². The maximum atomic E-state index is 12.4. The van der Waals surface area contributed by atoms with E-state index in [1.165, 1.54) is 37.9 Å². The number of carbonyl (C=O) groups is 1. The third-order valence-corrected chi connectivity index (χ3v) is 5.95. The van der Waals surface area contributed by atoms with Crippen molar-refractivity contribution < 1.29 is 9.53 Å². The van der Waals surface area contributed by atoms with Gasteiger partial charge in [0.2, 0.25) is 0 Å². The molecule has 0 radical (unpaired) electrons. The van der Waals surface area contributed by atoms with Crippen LogP contribution in [0.4, 0.5) is 0 Å². The number of hydrogen-bond acceptors (Lipinski definition) is 5. The summed E-state index contributed by atoms with van der Waals surface area (Å²) in [5.74, 6) is 1.15. The Morgan fingerprint density at radius 1 is 1.30 bits per heavy atom. The first-order chi connectivity index (χ1) is 13.3. The van der Waals surface area contributed by atoms with Gasteiger partial charge in [-0.2, -0.15) is 0 Å². The molecule has 0 unspecified atom stereocenters. The van der Waals surface area contributed by atoms with Crippen molar-refractivity contribution in [3.05, 3.63) is 30.0 Å². The number of methoxy groups -OCH3 is 1. The molecule has 1 N–H and O–H groups in total. The number of nitrogens with zero attached hydrogens (tertiary/aromatic N) is 4. The van der Waals surface area contributed by atoms with Gasteiger partial charge in [-0.05, 0) is 37.8 Å². The highest BCUT2D eigenvalue weighted by atomic mass is 16.5. The Bertz CT molecular complexity index is 784. The van der Waals surface area contributed by atoms with Crippen molar-refractivity contribution in [3.63, 3.8) is 0 Å². The number of imidazole rings is 1. The van der Waals surface area contributed by atoms with E-state index in [-0.39, 0.29) is 5.91 Å². The van der Waals surface area contributed by atoms with E-state index in [0.29, 0.717) is 30.4 Å². The summed E-state index contributed by atoms with van der Waals surface area (Å²) in [7, 11) is 1.61. The monoisotopic (exact) mass is 371 g/mol. The zero-order valence-corrected chi connectivity index (χ0v) is 16.1. The molecule has 1 aliphatic heterocycles. The molecule has 1 aliphatic carbocycles. The molecule has 27 heavy (non-hydrogen) atoms. The molecule has 1 saturated carbocycles. The molecular weight excluding hydrogens is 342 g/mol. The molecule has 1 saturated heterocycles. The lowest BCUT2D eigenvalue weighted by molar-refractivity contribution is 0.0934. The van der Waals surface area contributed by atoms with Crippen LogP contribution in [0.1, 0.15) is 54.2 Å². The number of ether oxygens (including phenoxy) is 1. The van der Waals surface area contributed by atoms with Crippen molar-refractivity contribution >= 4 is 11.6 Å². The van der Waals surface area contributed by atoms with Gasteiger partial charge in [0, 0.05) is 44.6 Å². The van der Waals surface area contributed by atoms with E-state index in [0.717, 1.165) is 25.4 Å². The van der Waals surface area contributed by atoms with Crippen LogP contribution in [0.25, 0.3) is 5.65 Å². The van der Waals surface area contributed by atoms with Crippen molar-refractivity contribution in [2.45, 2.75) is 38.0 Å². The van der Waals surface area contributed by atoms with E-state index in [2.05, 4.69) is 26.3 Å². The van der Waals surface area contributed by atoms with Gasteiger partial charge >= 0.3 is 0 Å². The van der Waals surface area contributed by atoms with Crippen LogP contribution < -0.4 is 5.32 Å². The summed E-state index contributed by atoms with van der Waals surface area (Å²) in [6, 6.07) is 2.07. The van der Waals surface area contributed by atoms with Crippen LogP contribution in [0.2, 0.25) is 0 Å². The fraction of sp³-hybridized carbons (Fsp3) is 0.650. The minimum absolute atomic E-state index is 0.200. The van der Waals surface area contributed by atoms with Crippen LogP contribution in [0.15, 0.2) is 18.6 Å². The number of aromatic nitrogens is 3. The van der Waals surface area contributed by atoms with Crippen molar-refractivity contribution in [2.24, 2.45) is 5.92 Å². The molecule has 0 bridgehead atoms. The molecule has 7 heteroatoms. The fourth-order valence-electron chi connectivity index (χ4n) is 4.56. The summed E-state index contributed by atoms with van der Waals surface area (Å²) in [6.07, 6.45) is 10.3. The number of likely N-dealkylation sites (tertiary alicyclic amines) is 1. The Kier molecular flexibility index (Phi) is 5.69. The largest absolute Gasteiger partial charge is 0.383 e. The first-order valence-corrected chi connectivity index (χ1v) is 10.1. The Hall–Kier alpha value is -1.99. The van der Waals surface area contributed by atoms with E-state index >= 15 is 0 Å². The average molecular weight is 371 g/mol. The van der Waals surface area contributed by atoms with Crippen LogP contribution in [-0.2, 0) is 4.74 Å². The second-order valence-electron chi connectivity index (χ2n) is 7.80. The Morgan fingerprint density at radius 2 is 2.15 bits per heavy atom. The SMILES string of the molecule is COCCNC(=O)c1ncn2c([C@H]3CCN(CC4CCCC4)C3)ccnc12. The molecule has 2 aromatic heterocycles. The molecule has 3 heterocycles. The summed E-state index contributed by atoms with van der Waals surface area (Å²) in [5, 5.41) is 2.83. The molecule has 2 fully saturated rings. The molecule has 7 nitrogen and oxygen atoms in total. The predicted octanol–water partition coefficient (Wildman–Crippen LogP) is 2.08. The summed E-state index contributed by atoms with van der Waals surface area (Å²) in [4.78, 5) is 23.8. The maximum absolute atomic E-state index is 12.4. The molecule has 1 atom stereocenters. The normalized spacial score (nSPS) is 21.3. The first-order valence-electron chi connectivity index (χ1n) is 10.1. The molecule has 146 valence electrons. The zero-order valence-electron chi connectivity index (χ0n) is 16.1. The van der Waals surface area contributed by atoms with E-state index < -0.39 is 0 Å². The summed E-state index contributed by atoms with van der Waals surface area (Å²) in [6.45, 7) is 4.43. The molecule has 2 aromatic rings. The van der Waals surface area contributed by atoms with E-state index in [1.807, 2.05) is 4.40 Å². The number of fused-ring (bicyclic) bond motifs is 1. The van der Waals surface area contributed by atoms with Crippen molar-refractivity contribution in [3.8, 4) is 0 Å². The molecular formula is C20H29N5O2. The Labute approximate surface area is 160 Å². The number of rotatable bonds is 7. The van der Waals surface area contributed by atoms with Crippen LogP contribution in [0.5, 0.6) is 0 Å². The lowest BCUT2D eigenvalue weighted by Gasteiger charge is -2.20. The fourth-order valence-corrected chi connectivity index (χ4v) is 4.56. The van der Waals surface area contributed by atoms with Crippen molar-refractivity contribution in [2.75, 3.05) is 39.9 Å². The minimum atomic E-state index is -0.200. The lowest BCUT2D eigenvalue weighted by Crippen LogP contribution is -2.27.